The molecule has 1 aliphatic heterocycles. The summed E-state index contributed by atoms with van der Waals surface area (Å²) in [4.78, 5) is 0. The molecule has 0 saturated carbocycles. The van der Waals surface area contributed by atoms with E-state index in [2.05, 4.69) is 0 Å². The van der Waals surface area contributed by atoms with E-state index >= 15 is 0 Å². The van der Waals surface area contributed by atoms with Crippen LogP contribution in [-0.2, 0) is 4.74 Å². The van der Waals surface area contributed by atoms with Crippen LogP contribution in [0.5, 0.6) is 11.5 Å². The molecule has 0 aromatic heterocycles. The predicted molar refractivity (Wildman–Crippen MR) is 47.8 cm³/mol. The van der Waals surface area contributed by atoms with Crippen LogP contribution in [0.2, 0.25) is 0 Å². The first-order chi connectivity index (χ1) is 6.14. The molecular weight excluding hydrogens is 168 g/mol. The number of rotatable bonds is 1. The van der Waals surface area contributed by atoms with E-state index < -0.39 is 5.97 Å². The topological polar surface area (TPSA) is 27.7 Å². The van der Waals surface area contributed by atoms with Crippen molar-refractivity contribution in [2.45, 2.75) is 19.8 Å². The maximum absolute atomic E-state index is 5.53. The Morgan fingerprint density at radius 1 is 1.31 bits per heavy atom. The van der Waals surface area contributed by atoms with E-state index in [1.807, 2.05) is 25.1 Å². The predicted octanol–water partition coefficient (Wildman–Crippen LogP) is 2.09. The standard InChI is InChI=1S/C10H12O3/c1-7-5-4-6-8-9(7)13-10(2,11-3)12-8/h4-6H,1-3H3. The van der Waals surface area contributed by atoms with Gasteiger partial charge in [-0.15, -0.1) is 0 Å². The molecule has 13 heavy (non-hydrogen) atoms. The Labute approximate surface area is 77.2 Å². The van der Waals surface area contributed by atoms with E-state index in [4.69, 9.17) is 14.2 Å². The van der Waals surface area contributed by atoms with Crippen molar-refractivity contribution in [3.63, 3.8) is 0 Å². The minimum atomic E-state index is -0.964. The van der Waals surface area contributed by atoms with Crippen LogP contribution in [-0.4, -0.2) is 13.1 Å². The molecule has 0 N–H and O–H groups in total. The van der Waals surface area contributed by atoms with E-state index in [1.54, 1.807) is 14.0 Å². The van der Waals surface area contributed by atoms with Gasteiger partial charge in [0.25, 0.3) is 0 Å². The largest absolute Gasteiger partial charge is 0.426 e. The van der Waals surface area contributed by atoms with Gasteiger partial charge in [0.2, 0.25) is 0 Å². The zero-order valence-electron chi connectivity index (χ0n) is 7.96. The molecule has 0 spiro atoms. The first-order valence-electron chi connectivity index (χ1n) is 4.17. The molecule has 1 aromatic rings. The van der Waals surface area contributed by atoms with Gasteiger partial charge in [0, 0.05) is 14.0 Å². The highest BCUT2D eigenvalue weighted by Crippen LogP contribution is 2.41. The second-order valence-corrected chi connectivity index (χ2v) is 3.17. The van der Waals surface area contributed by atoms with Gasteiger partial charge in [0.15, 0.2) is 11.5 Å². The summed E-state index contributed by atoms with van der Waals surface area (Å²) in [6.45, 7) is 3.72. The Balaban J connectivity index is 2.40. The molecule has 2 rings (SSSR count). The molecule has 0 saturated heterocycles. The number of aryl methyl sites for hydroxylation is 1. The summed E-state index contributed by atoms with van der Waals surface area (Å²) in [5.41, 5.74) is 1.05. The monoisotopic (exact) mass is 180 g/mol. The molecule has 0 amide bonds. The number of para-hydroxylation sites is 1. The van der Waals surface area contributed by atoms with Gasteiger partial charge in [-0.1, -0.05) is 12.1 Å². The third-order valence-corrected chi connectivity index (χ3v) is 2.13. The fourth-order valence-corrected chi connectivity index (χ4v) is 1.33. The summed E-state index contributed by atoms with van der Waals surface area (Å²) >= 11 is 0. The van der Waals surface area contributed by atoms with Crippen LogP contribution in [0.25, 0.3) is 0 Å². The van der Waals surface area contributed by atoms with E-state index in [0.29, 0.717) is 0 Å². The molecule has 3 nitrogen and oxygen atoms in total. The number of hydrogen-bond acceptors (Lipinski definition) is 3. The number of ether oxygens (including phenoxy) is 3. The Morgan fingerprint density at radius 2 is 2.08 bits per heavy atom. The summed E-state index contributed by atoms with van der Waals surface area (Å²) in [5, 5.41) is 0. The molecule has 0 radical (unpaired) electrons. The fourth-order valence-electron chi connectivity index (χ4n) is 1.33. The molecule has 0 bridgehead atoms. The van der Waals surface area contributed by atoms with Crippen molar-refractivity contribution in [3.05, 3.63) is 23.8 Å². The molecule has 1 aromatic carbocycles. The molecule has 0 aliphatic carbocycles. The maximum Gasteiger partial charge on any atom is 0.368 e. The lowest BCUT2D eigenvalue weighted by Gasteiger charge is -2.19. The van der Waals surface area contributed by atoms with Crippen molar-refractivity contribution in [1.82, 2.24) is 0 Å². The van der Waals surface area contributed by atoms with Gasteiger partial charge in [0.05, 0.1) is 0 Å². The van der Waals surface area contributed by atoms with Gasteiger partial charge in [-0.05, 0) is 18.6 Å². The highest BCUT2D eigenvalue weighted by atomic mass is 16.9. The molecule has 70 valence electrons. The van der Waals surface area contributed by atoms with Gasteiger partial charge in [-0.2, -0.15) is 0 Å². The number of benzene rings is 1. The zero-order chi connectivity index (χ0) is 9.47. The summed E-state index contributed by atoms with van der Waals surface area (Å²) < 4.78 is 16.1. The third kappa shape index (κ3) is 1.25. The molecule has 0 fully saturated rings. The van der Waals surface area contributed by atoms with Crippen molar-refractivity contribution >= 4 is 0 Å². The summed E-state index contributed by atoms with van der Waals surface area (Å²) in [5.74, 6) is 0.547. The summed E-state index contributed by atoms with van der Waals surface area (Å²) in [7, 11) is 1.56. The first-order valence-corrected chi connectivity index (χ1v) is 4.17. The third-order valence-electron chi connectivity index (χ3n) is 2.13. The van der Waals surface area contributed by atoms with Gasteiger partial charge in [0.1, 0.15) is 0 Å². The zero-order valence-corrected chi connectivity index (χ0v) is 7.96. The quantitative estimate of drug-likeness (QED) is 0.662. The van der Waals surface area contributed by atoms with E-state index in [1.165, 1.54) is 0 Å². The minimum absolute atomic E-state index is 0.740. The number of methoxy groups -OCH3 is 1. The van der Waals surface area contributed by atoms with Crippen LogP contribution in [0.1, 0.15) is 12.5 Å². The molecular formula is C10H12O3. The molecule has 3 heteroatoms. The second-order valence-electron chi connectivity index (χ2n) is 3.17. The normalized spacial score (nSPS) is 24.8. The number of hydrogen-bond donors (Lipinski definition) is 0. The van der Waals surface area contributed by atoms with E-state index in [0.717, 1.165) is 17.1 Å². The van der Waals surface area contributed by atoms with Crippen LogP contribution in [0.4, 0.5) is 0 Å². The lowest BCUT2D eigenvalue weighted by Crippen LogP contribution is -2.36. The van der Waals surface area contributed by atoms with Gasteiger partial charge < -0.3 is 14.2 Å². The molecule has 1 heterocycles. The van der Waals surface area contributed by atoms with E-state index in [9.17, 15) is 0 Å². The molecule has 1 unspecified atom stereocenters. The highest BCUT2D eigenvalue weighted by molar-refractivity contribution is 5.48. The lowest BCUT2D eigenvalue weighted by atomic mass is 10.2. The second kappa shape index (κ2) is 2.64. The van der Waals surface area contributed by atoms with Crippen molar-refractivity contribution in [2.24, 2.45) is 0 Å². The Morgan fingerprint density at radius 3 is 2.69 bits per heavy atom. The molecule has 1 aliphatic rings. The Kier molecular flexibility index (Phi) is 1.70. The molecule has 1 atom stereocenters. The highest BCUT2D eigenvalue weighted by Gasteiger charge is 2.37. The first kappa shape index (κ1) is 8.38. The fraction of sp³-hybridized carbons (Fsp3) is 0.400. The van der Waals surface area contributed by atoms with Gasteiger partial charge in [-0.3, -0.25) is 0 Å². The van der Waals surface area contributed by atoms with Gasteiger partial charge >= 0.3 is 5.97 Å². The lowest BCUT2D eigenvalue weighted by molar-refractivity contribution is -0.254. The van der Waals surface area contributed by atoms with Crippen molar-refractivity contribution in [3.8, 4) is 11.5 Å². The maximum atomic E-state index is 5.53. The van der Waals surface area contributed by atoms with Crippen LogP contribution < -0.4 is 9.47 Å². The van der Waals surface area contributed by atoms with Crippen LogP contribution >= 0.6 is 0 Å². The minimum Gasteiger partial charge on any atom is -0.426 e. The van der Waals surface area contributed by atoms with E-state index in [-0.39, 0.29) is 0 Å². The van der Waals surface area contributed by atoms with Crippen molar-refractivity contribution < 1.29 is 14.2 Å². The Bertz CT molecular complexity index is 335. The van der Waals surface area contributed by atoms with Crippen LogP contribution in [0, 0.1) is 6.92 Å². The van der Waals surface area contributed by atoms with Crippen LogP contribution in [0.15, 0.2) is 18.2 Å². The van der Waals surface area contributed by atoms with Crippen LogP contribution in [0.3, 0.4) is 0 Å². The smallest absolute Gasteiger partial charge is 0.368 e. The van der Waals surface area contributed by atoms with Gasteiger partial charge in [-0.25, -0.2) is 0 Å². The van der Waals surface area contributed by atoms with Crippen molar-refractivity contribution in [2.75, 3.05) is 7.11 Å². The summed E-state index contributed by atoms with van der Waals surface area (Å²) in [6.07, 6.45) is 0. The number of fused-ring (bicyclic) bond motifs is 1. The van der Waals surface area contributed by atoms with Crippen molar-refractivity contribution in [1.29, 1.82) is 0 Å². The average molecular weight is 180 g/mol. The average Bonchev–Trinajstić information content (AvgIpc) is 2.45. The summed E-state index contributed by atoms with van der Waals surface area (Å²) in [6, 6.07) is 5.77. The SMILES string of the molecule is COC1(C)Oc2cccc(C)c2O1. The Hall–Kier alpha value is -1.22.